The van der Waals surface area contributed by atoms with Crippen LogP contribution < -0.4 is 15.8 Å². The van der Waals surface area contributed by atoms with Crippen molar-refractivity contribution in [2.24, 2.45) is 0 Å². The summed E-state index contributed by atoms with van der Waals surface area (Å²) in [6, 6.07) is 15.5. The first-order valence-electron chi connectivity index (χ1n) is 7.92. The molecule has 0 bridgehead atoms. The van der Waals surface area contributed by atoms with Gasteiger partial charge in [0.15, 0.2) is 0 Å². The van der Waals surface area contributed by atoms with Gasteiger partial charge in [-0.25, -0.2) is 4.79 Å². The van der Waals surface area contributed by atoms with Gasteiger partial charge in [0.05, 0.1) is 0 Å². The fourth-order valence-electron chi connectivity index (χ4n) is 2.47. The van der Waals surface area contributed by atoms with Crippen LogP contribution in [0.25, 0.3) is 0 Å². The number of nitrogen functional groups attached to an aromatic ring is 1. The molecule has 24 heavy (non-hydrogen) atoms. The smallest absolute Gasteiger partial charge is 0.405 e. The van der Waals surface area contributed by atoms with Gasteiger partial charge >= 0.3 is 6.09 Å². The highest BCUT2D eigenvalue weighted by atomic mass is 16.5. The molecule has 0 saturated carbocycles. The van der Waals surface area contributed by atoms with E-state index in [0.29, 0.717) is 25.1 Å². The lowest BCUT2D eigenvalue weighted by molar-refractivity contribution is 0.180. The molecule has 0 radical (unpaired) electrons. The minimum Gasteiger partial charge on any atom is -0.489 e. The predicted octanol–water partition coefficient (Wildman–Crippen LogP) is 3.83. The average molecular weight is 328 g/mol. The Balaban J connectivity index is 2.05. The molecule has 0 unspecified atom stereocenters. The first-order chi connectivity index (χ1) is 11.4. The molecule has 0 aliphatic rings. The molecule has 0 atom stereocenters. The van der Waals surface area contributed by atoms with E-state index < -0.39 is 11.6 Å². The molecule has 4 N–H and O–H groups in total. The van der Waals surface area contributed by atoms with E-state index >= 15 is 0 Å². The Bertz CT molecular complexity index is 684. The zero-order valence-electron chi connectivity index (χ0n) is 14.1. The monoisotopic (exact) mass is 328 g/mol. The van der Waals surface area contributed by atoms with E-state index in [9.17, 15) is 4.79 Å². The van der Waals surface area contributed by atoms with Gasteiger partial charge in [-0.2, -0.15) is 0 Å². The maximum absolute atomic E-state index is 10.9. The summed E-state index contributed by atoms with van der Waals surface area (Å²) in [6.07, 6.45) is 0.292. The third-order valence-corrected chi connectivity index (χ3v) is 3.79. The number of hydrogen-bond donors (Lipinski definition) is 3. The van der Waals surface area contributed by atoms with Crippen molar-refractivity contribution in [3.8, 4) is 5.75 Å². The number of carbonyl (C=O) groups is 1. The van der Waals surface area contributed by atoms with Gasteiger partial charge in [0.1, 0.15) is 12.4 Å². The SMILES string of the molecule is CC(C)(CCc1cc(N)ccc1OCc1ccccc1)NC(=O)O. The minimum atomic E-state index is -1.02. The fraction of sp³-hybridized carbons (Fsp3) is 0.316. The van der Waals surface area contributed by atoms with Gasteiger partial charge < -0.3 is 20.9 Å². The van der Waals surface area contributed by atoms with E-state index in [0.717, 1.165) is 16.9 Å². The number of ether oxygens (including phenoxy) is 1. The van der Waals surface area contributed by atoms with E-state index in [-0.39, 0.29) is 0 Å². The van der Waals surface area contributed by atoms with Crippen molar-refractivity contribution in [3.05, 3.63) is 59.7 Å². The van der Waals surface area contributed by atoms with Crippen LogP contribution in [0.1, 0.15) is 31.4 Å². The Morgan fingerprint density at radius 1 is 1.21 bits per heavy atom. The molecule has 0 spiro atoms. The molecule has 1 amide bonds. The average Bonchev–Trinajstić information content (AvgIpc) is 2.52. The normalized spacial score (nSPS) is 11.1. The lowest BCUT2D eigenvalue weighted by Gasteiger charge is -2.25. The maximum Gasteiger partial charge on any atom is 0.405 e. The third-order valence-electron chi connectivity index (χ3n) is 3.79. The second-order valence-electron chi connectivity index (χ2n) is 6.46. The van der Waals surface area contributed by atoms with Crippen molar-refractivity contribution in [1.82, 2.24) is 5.32 Å². The lowest BCUT2D eigenvalue weighted by Crippen LogP contribution is -2.42. The van der Waals surface area contributed by atoms with Crippen molar-refractivity contribution in [1.29, 1.82) is 0 Å². The molecular formula is C19H24N2O3. The summed E-state index contributed by atoms with van der Waals surface area (Å²) in [4.78, 5) is 10.9. The molecular weight excluding hydrogens is 304 g/mol. The highest BCUT2D eigenvalue weighted by Crippen LogP contribution is 2.26. The van der Waals surface area contributed by atoms with Crippen molar-refractivity contribution in [2.75, 3.05) is 5.73 Å². The first-order valence-corrected chi connectivity index (χ1v) is 7.92. The van der Waals surface area contributed by atoms with E-state index in [1.54, 1.807) is 0 Å². The van der Waals surface area contributed by atoms with Gasteiger partial charge in [0.2, 0.25) is 0 Å². The number of amides is 1. The highest BCUT2D eigenvalue weighted by Gasteiger charge is 2.20. The summed E-state index contributed by atoms with van der Waals surface area (Å²) in [6.45, 7) is 4.20. The number of rotatable bonds is 7. The van der Waals surface area contributed by atoms with Crippen LogP contribution in [-0.2, 0) is 13.0 Å². The van der Waals surface area contributed by atoms with Crippen molar-refractivity contribution in [2.45, 2.75) is 38.8 Å². The predicted molar refractivity (Wildman–Crippen MR) is 95.2 cm³/mol. The Morgan fingerprint density at radius 3 is 2.58 bits per heavy atom. The zero-order chi connectivity index (χ0) is 17.6. The lowest BCUT2D eigenvalue weighted by atomic mass is 9.95. The van der Waals surface area contributed by atoms with Crippen molar-refractivity contribution >= 4 is 11.8 Å². The Labute approximate surface area is 142 Å². The van der Waals surface area contributed by atoms with Crippen LogP contribution in [-0.4, -0.2) is 16.7 Å². The third kappa shape index (κ3) is 5.50. The summed E-state index contributed by atoms with van der Waals surface area (Å²) in [7, 11) is 0. The molecule has 0 aliphatic heterocycles. The summed E-state index contributed by atoms with van der Waals surface area (Å²) in [5.41, 5.74) is 8.11. The van der Waals surface area contributed by atoms with Gasteiger partial charge in [-0.1, -0.05) is 30.3 Å². The van der Waals surface area contributed by atoms with Gasteiger partial charge in [-0.15, -0.1) is 0 Å². The number of anilines is 1. The maximum atomic E-state index is 10.9. The van der Waals surface area contributed by atoms with Gasteiger partial charge in [0.25, 0.3) is 0 Å². The molecule has 128 valence electrons. The minimum absolute atomic E-state index is 0.481. The number of nitrogens with one attached hydrogen (secondary N) is 1. The molecule has 2 aromatic rings. The van der Waals surface area contributed by atoms with Crippen LogP contribution in [0.5, 0.6) is 5.75 Å². The summed E-state index contributed by atoms with van der Waals surface area (Å²) in [5, 5.41) is 11.4. The fourth-order valence-corrected chi connectivity index (χ4v) is 2.47. The Morgan fingerprint density at radius 2 is 1.92 bits per heavy atom. The van der Waals surface area contributed by atoms with Crippen LogP contribution >= 0.6 is 0 Å². The van der Waals surface area contributed by atoms with Gasteiger partial charge in [-0.05, 0) is 56.0 Å². The number of carboxylic acid groups (broad SMARTS) is 1. The first kappa shape index (κ1) is 17.7. The van der Waals surface area contributed by atoms with Crippen LogP contribution in [0.2, 0.25) is 0 Å². The van der Waals surface area contributed by atoms with E-state index in [1.165, 1.54) is 0 Å². The van der Waals surface area contributed by atoms with Crippen molar-refractivity contribution in [3.63, 3.8) is 0 Å². The molecule has 0 heterocycles. The molecule has 5 heteroatoms. The topological polar surface area (TPSA) is 84.6 Å². The second kappa shape index (κ2) is 7.73. The largest absolute Gasteiger partial charge is 0.489 e. The van der Waals surface area contributed by atoms with Gasteiger partial charge in [-0.3, -0.25) is 0 Å². The van der Waals surface area contributed by atoms with Crippen molar-refractivity contribution < 1.29 is 14.6 Å². The zero-order valence-corrected chi connectivity index (χ0v) is 14.1. The summed E-state index contributed by atoms with van der Waals surface area (Å²) in [5.74, 6) is 0.777. The molecule has 0 aromatic heterocycles. The number of hydrogen-bond acceptors (Lipinski definition) is 3. The number of benzene rings is 2. The molecule has 0 fully saturated rings. The second-order valence-corrected chi connectivity index (χ2v) is 6.46. The van der Waals surface area contributed by atoms with Gasteiger partial charge in [0, 0.05) is 11.2 Å². The number of aryl methyl sites for hydroxylation is 1. The van der Waals surface area contributed by atoms with E-state index in [4.69, 9.17) is 15.6 Å². The van der Waals surface area contributed by atoms with Crippen LogP contribution in [0, 0.1) is 0 Å². The summed E-state index contributed by atoms with van der Waals surface area (Å²) < 4.78 is 5.93. The van der Waals surface area contributed by atoms with Crippen LogP contribution in [0.3, 0.4) is 0 Å². The molecule has 2 aromatic carbocycles. The highest BCUT2D eigenvalue weighted by molar-refractivity contribution is 5.65. The molecule has 0 aliphatic carbocycles. The number of nitrogens with two attached hydrogens (primary N) is 1. The Kier molecular flexibility index (Phi) is 5.68. The molecule has 0 saturated heterocycles. The molecule has 5 nitrogen and oxygen atoms in total. The van der Waals surface area contributed by atoms with E-state index in [1.807, 2.05) is 62.4 Å². The van der Waals surface area contributed by atoms with E-state index in [2.05, 4.69) is 5.32 Å². The van der Waals surface area contributed by atoms with Crippen LogP contribution in [0.4, 0.5) is 10.5 Å². The molecule has 2 rings (SSSR count). The Hall–Kier alpha value is -2.69. The standard InChI is InChI=1S/C19H24N2O3/c1-19(2,21-18(22)23)11-10-15-12-16(20)8-9-17(15)24-13-14-6-4-3-5-7-14/h3-9,12,21H,10-11,13,20H2,1-2H3,(H,22,23). The van der Waals surface area contributed by atoms with Crippen LogP contribution in [0.15, 0.2) is 48.5 Å². The quantitative estimate of drug-likeness (QED) is 0.674. The summed E-state index contributed by atoms with van der Waals surface area (Å²) >= 11 is 0.